The molecule has 0 heterocycles. The molecule has 1 rings (SSSR count). The van der Waals surface area contributed by atoms with E-state index in [1.165, 1.54) is 6.07 Å². The van der Waals surface area contributed by atoms with Crippen molar-refractivity contribution in [2.24, 2.45) is 0 Å². The molecule has 0 saturated carbocycles. The third-order valence-corrected chi connectivity index (χ3v) is 2.37. The van der Waals surface area contributed by atoms with Gasteiger partial charge in [-0.25, -0.2) is 8.78 Å². The molecule has 1 nitrogen and oxygen atoms in total. The molecular formula is C12H16F2O. The van der Waals surface area contributed by atoms with Crippen LogP contribution in [-0.4, -0.2) is 11.2 Å². The fraction of sp³-hybridized carbons (Fsp3) is 0.500. The fourth-order valence-corrected chi connectivity index (χ4v) is 1.51. The lowest BCUT2D eigenvalue weighted by molar-refractivity contribution is 0.154. The molecule has 1 N–H and O–H groups in total. The number of hydrogen-bond acceptors (Lipinski definition) is 1. The van der Waals surface area contributed by atoms with Crippen molar-refractivity contribution >= 4 is 0 Å². The Morgan fingerprint density at radius 3 is 2.53 bits per heavy atom. The minimum absolute atomic E-state index is 0.344. The van der Waals surface area contributed by atoms with Crippen molar-refractivity contribution in [1.82, 2.24) is 0 Å². The second-order valence-corrected chi connectivity index (χ2v) is 3.73. The molecule has 0 amide bonds. The summed E-state index contributed by atoms with van der Waals surface area (Å²) >= 11 is 0. The van der Waals surface area contributed by atoms with Crippen molar-refractivity contribution in [1.29, 1.82) is 0 Å². The molecule has 1 unspecified atom stereocenters. The van der Waals surface area contributed by atoms with Gasteiger partial charge in [-0.05, 0) is 37.0 Å². The number of hydrogen-bond donors (Lipinski definition) is 1. The first-order valence-corrected chi connectivity index (χ1v) is 5.25. The Labute approximate surface area is 88.7 Å². The predicted octanol–water partition coefficient (Wildman–Crippen LogP) is 3.06. The van der Waals surface area contributed by atoms with Crippen LogP contribution in [0.1, 0.15) is 31.7 Å². The highest BCUT2D eigenvalue weighted by Gasteiger charge is 2.05. The molecular weight excluding hydrogens is 198 g/mol. The number of aryl methyl sites for hydroxylation is 1. The van der Waals surface area contributed by atoms with Crippen LogP contribution in [0.5, 0.6) is 0 Å². The Morgan fingerprint density at radius 1 is 1.20 bits per heavy atom. The van der Waals surface area contributed by atoms with E-state index in [2.05, 4.69) is 0 Å². The van der Waals surface area contributed by atoms with Crippen LogP contribution in [0.2, 0.25) is 0 Å². The lowest BCUT2D eigenvalue weighted by Gasteiger charge is -2.08. The molecule has 0 fully saturated rings. The average Bonchev–Trinajstić information content (AvgIpc) is 2.20. The van der Waals surface area contributed by atoms with Crippen molar-refractivity contribution in [3.63, 3.8) is 0 Å². The third kappa shape index (κ3) is 3.96. The molecule has 0 aromatic heterocycles. The molecule has 0 aliphatic carbocycles. The van der Waals surface area contributed by atoms with Crippen molar-refractivity contribution in [2.45, 2.75) is 38.7 Å². The van der Waals surface area contributed by atoms with Gasteiger partial charge in [0.15, 0.2) is 11.6 Å². The topological polar surface area (TPSA) is 20.2 Å². The molecule has 0 saturated heterocycles. The van der Waals surface area contributed by atoms with Gasteiger partial charge >= 0.3 is 0 Å². The maximum Gasteiger partial charge on any atom is 0.159 e. The van der Waals surface area contributed by atoms with Crippen LogP contribution in [0, 0.1) is 11.6 Å². The largest absolute Gasteiger partial charge is 0.393 e. The van der Waals surface area contributed by atoms with Crippen molar-refractivity contribution in [3.05, 3.63) is 35.4 Å². The lowest BCUT2D eigenvalue weighted by Crippen LogP contribution is -2.07. The van der Waals surface area contributed by atoms with Gasteiger partial charge in [0.1, 0.15) is 0 Å². The number of rotatable bonds is 5. The van der Waals surface area contributed by atoms with Crippen molar-refractivity contribution in [2.75, 3.05) is 0 Å². The zero-order valence-electron chi connectivity index (χ0n) is 8.84. The van der Waals surface area contributed by atoms with Crippen LogP contribution in [0.4, 0.5) is 8.78 Å². The lowest BCUT2D eigenvalue weighted by atomic mass is 10.0. The van der Waals surface area contributed by atoms with E-state index in [0.29, 0.717) is 12.8 Å². The summed E-state index contributed by atoms with van der Waals surface area (Å²) in [6.45, 7) is 2.00. The van der Waals surface area contributed by atoms with E-state index in [4.69, 9.17) is 0 Å². The van der Waals surface area contributed by atoms with Gasteiger partial charge in [-0.1, -0.05) is 19.4 Å². The van der Waals surface area contributed by atoms with Gasteiger partial charge in [0, 0.05) is 0 Å². The number of aliphatic hydroxyl groups is 1. The summed E-state index contributed by atoms with van der Waals surface area (Å²) in [6, 6.07) is 3.86. The minimum Gasteiger partial charge on any atom is -0.393 e. The molecule has 84 valence electrons. The Bertz CT molecular complexity index is 312. The predicted molar refractivity (Wildman–Crippen MR) is 55.6 cm³/mol. The van der Waals surface area contributed by atoms with Crippen LogP contribution >= 0.6 is 0 Å². The monoisotopic (exact) mass is 214 g/mol. The van der Waals surface area contributed by atoms with Crippen molar-refractivity contribution in [3.8, 4) is 0 Å². The minimum atomic E-state index is -0.826. The maximum absolute atomic E-state index is 12.8. The van der Waals surface area contributed by atoms with Crippen molar-refractivity contribution < 1.29 is 13.9 Å². The standard InChI is InChI=1S/C12H16F2O/c1-2-3-10(15)6-4-9-5-7-11(13)12(14)8-9/h5,7-8,10,15H,2-4,6H2,1H3. The van der Waals surface area contributed by atoms with E-state index in [-0.39, 0.29) is 6.10 Å². The van der Waals surface area contributed by atoms with Gasteiger partial charge in [-0.15, -0.1) is 0 Å². The van der Waals surface area contributed by atoms with Gasteiger partial charge in [0.05, 0.1) is 6.10 Å². The maximum atomic E-state index is 12.8. The average molecular weight is 214 g/mol. The molecule has 0 spiro atoms. The zero-order chi connectivity index (χ0) is 11.3. The first-order valence-electron chi connectivity index (χ1n) is 5.25. The second-order valence-electron chi connectivity index (χ2n) is 3.73. The summed E-state index contributed by atoms with van der Waals surface area (Å²) in [6.07, 6.45) is 2.52. The first-order chi connectivity index (χ1) is 7.13. The van der Waals surface area contributed by atoms with Gasteiger partial charge in [-0.2, -0.15) is 0 Å². The summed E-state index contributed by atoms with van der Waals surface area (Å²) in [5.41, 5.74) is 0.726. The van der Waals surface area contributed by atoms with Gasteiger partial charge in [-0.3, -0.25) is 0 Å². The summed E-state index contributed by atoms with van der Waals surface area (Å²) < 4.78 is 25.4. The fourth-order valence-electron chi connectivity index (χ4n) is 1.51. The van der Waals surface area contributed by atoms with Crippen LogP contribution in [0.25, 0.3) is 0 Å². The Kier molecular flexibility index (Phi) is 4.69. The molecule has 0 radical (unpaired) electrons. The molecule has 15 heavy (non-hydrogen) atoms. The Balaban J connectivity index is 2.47. The highest BCUT2D eigenvalue weighted by Crippen LogP contribution is 2.12. The summed E-state index contributed by atoms with van der Waals surface area (Å²) in [5, 5.41) is 9.47. The first kappa shape index (κ1) is 12.1. The van der Waals surface area contributed by atoms with Gasteiger partial charge in [0.2, 0.25) is 0 Å². The number of benzene rings is 1. The van der Waals surface area contributed by atoms with E-state index in [9.17, 15) is 13.9 Å². The van der Waals surface area contributed by atoms with E-state index in [1.807, 2.05) is 6.92 Å². The molecule has 0 bridgehead atoms. The molecule has 1 aromatic carbocycles. The third-order valence-electron chi connectivity index (χ3n) is 2.37. The zero-order valence-corrected chi connectivity index (χ0v) is 8.84. The Hall–Kier alpha value is -0.960. The second kappa shape index (κ2) is 5.81. The SMILES string of the molecule is CCCC(O)CCc1ccc(F)c(F)c1. The van der Waals surface area contributed by atoms with Gasteiger partial charge in [0.25, 0.3) is 0 Å². The Morgan fingerprint density at radius 2 is 1.93 bits per heavy atom. The molecule has 1 atom stereocenters. The van der Waals surface area contributed by atoms with E-state index in [0.717, 1.165) is 24.5 Å². The van der Waals surface area contributed by atoms with Gasteiger partial charge < -0.3 is 5.11 Å². The van der Waals surface area contributed by atoms with E-state index in [1.54, 1.807) is 6.07 Å². The van der Waals surface area contributed by atoms with Crippen LogP contribution in [0.15, 0.2) is 18.2 Å². The molecule has 3 heteroatoms. The van der Waals surface area contributed by atoms with Crippen LogP contribution < -0.4 is 0 Å². The molecule has 0 aliphatic heterocycles. The summed E-state index contributed by atoms with van der Waals surface area (Å²) in [7, 11) is 0. The number of halogens is 2. The quantitative estimate of drug-likeness (QED) is 0.798. The van der Waals surface area contributed by atoms with Crippen LogP contribution in [-0.2, 0) is 6.42 Å². The van der Waals surface area contributed by atoms with E-state index >= 15 is 0 Å². The summed E-state index contributed by atoms with van der Waals surface area (Å²) in [4.78, 5) is 0. The van der Waals surface area contributed by atoms with Crippen LogP contribution in [0.3, 0.4) is 0 Å². The molecule has 0 aliphatic rings. The normalized spacial score (nSPS) is 12.8. The summed E-state index contributed by atoms with van der Waals surface area (Å²) in [5.74, 6) is -1.65. The number of aliphatic hydroxyl groups excluding tert-OH is 1. The molecule has 1 aromatic rings. The highest BCUT2D eigenvalue weighted by molar-refractivity contribution is 5.17. The van der Waals surface area contributed by atoms with E-state index < -0.39 is 11.6 Å². The highest BCUT2D eigenvalue weighted by atomic mass is 19.2. The smallest absolute Gasteiger partial charge is 0.159 e.